The minimum atomic E-state index is 0.709. The third kappa shape index (κ3) is 4.50. The highest BCUT2D eigenvalue weighted by atomic mass is 16.5. The Bertz CT molecular complexity index is 540. The van der Waals surface area contributed by atoms with Gasteiger partial charge in [-0.15, -0.1) is 0 Å². The molecule has 2 aromatic carbocycles. The maximum Gasteiger partial charge on any atom is 0.120 e. The lowest BCUT2D eigenvalue weighted by Gasteiger charge is -2.09. The number of benzene rings is 2. The molecule has 0 aliphatic carbocycles. The van der Waals surface area contributed by atoms with Crippen LogP contribution < -0.4 is 14.8 Å². The lowest BCUT2D eigenvalue weighted by molar-refractivity contribution is 0.315. The molecular weight excluding hydrogens is 250 g/mol. The second-order valence-corrected chi connectivity index (χ2v) is 4.68. The van der Waals surface area contributed by atoms with Crippen LogP contribution in [0, 0.1) is 6.92 Å². The Kier molecular flexibility index (Phi) is 5.30. The second-order valence-electron chi connectivity index (χ2n) is 4.68. The van der Waals surface area contributed by atoms with Crippen molar-refractivity contribution < 1.29 is 9.47 Å². The molecule has 0 aromatic heterocycles. The number of hydrogen-bond donors (Lipinski definition) is 1. The molecular formula is C17H21NO2. The van der Waals surface area contributed by atoms with E-state index in [9.17, 15) is 0 Å². The molecule has 106 valence electrons. The first-order valence-electron chi connectivity index (χ1n) is 6.85. The minimum absolute atomic E-state index is 0.709. The highest BCUT2D eigenvalue weighted by molar-refractivity contribution is 5.48. The molecule has 2 rings (SSSR count). The standard InChI is InChI=1S/C17H21NO2/c1-14-6-3-9-17(12-14)20-11-5-10-18-15-7-4-8-16(13-15)19-2/h3-4,6-9,12-13,18H,5,10-11H2,1-2H3. The van der Waals surface area contributed by atoms with E-state index in [2.05, 4.69) is 24.4 Å². The van der Waals surface area contributed by atoms with Gasteiger partial charge in [-0.2, -0.15) is 0 Å². The molecule has 0 saturated carbocycles. The van der Waals surface area contributed by atoms with E-state index < -0.39 is 0 Å². The molecule has 0 heterocycles. The van der Waals surface area contributed by atoms with E-state index in [1.165, 1.54) is 5.56 Å². The quantitative estimate of drug-likeness (QED) is 0.775. The molecule has 0 spiro atoms. The Balaban J connectivity index is 1.68. The molecule has 1 N–H and O–H groups in total. The van der Waals surface area contributed by atoms with Gasteiger partial charge in [-0.3, -0.25) is 0 Å². The van der Waals surface area contributed by atoms with E-state index in [4.69, 9.17) is 9.47 Å². The van der Waals surface area contributed by atoms with Crippen LogP contribution in [0.4, 0.5) is 5.69 Å². The molecule has 0 aliphatic heterocycles. The van der Waals surface area contributed by atoms with Gasteiger partial charge in [-0.1, -0.05) is 18.2 Å². The van der Waals surface area contributed by atoms with Gasteiger partial charge in [0.05, 0.1) is 13.7 Å². The van der Waals surface area contributed by atoms with Gasteiger partial charge in [-0.05, 0) is 43.2 Å². The predicted octanol–water partition coefficient (Wildman–Crippen LogP) is 3.88. The van der Waals surface area contributed by atoms with Crippen molar-refractivity contribution in [2.75, 3.05) is 25.6 Å². The zero-order valence-electron chi connectivity index (χ0n) is 12.1. The van der Waals surface area contributed by atoms with E-state index in [1.54, 1.807) is 7.11 Å². The first-order valence-corrected chi connectivity index (χ1v) is 6.85. The van der Waals surface area contributed by atoms with Crippen LogP contribution in [-0.2, 0) is 0 Å². The average molecular weight is 271 g/mol. The largest absolute Gasteiger partial charge is 0.497 e. The van der Waals surface area contributed by atoms with Gasteiger partial charge in [0.15, 0.2) is 0 Å². The van der Waals surface area contributed by atoms with E-state index in [0.717, 1.165) is 30.2 Å². The van der Waals surface area contributed by atoms with Crippen molar-refractivity contribution in [1.29, 1.82) is 0 Å². The highest BCUT2D eigenvalue weighted by Gasteiger charge is 1.96. The molecule has 0 unspecified atom stereocenters. The Hall–Kier alpha value is -2.16. The van der Waals surface area contributed by atoms with Crippen LogP contribution in [-0.4, -0.2) is 20.3 Å². The summed E-state index contributed by atoms with van der Waals surface area (Å²) in [6, 6.07) is 16.1. The summed E-state index contributed by atoms with van der Waals surface area (Å²) in [5, 5.41) is 3.36. The molecule has 20 heavy (non-hydrogen) atoms. The number of rotatable bonds is 7. The third-order valence-electron chi connectivity index (χ3n) is 2.98. The van der Waals surface area contributed by atoms with Crippen LogP contribution in [0.2, 0.25) is 0 Å². The molecule has 0 radical (unpaired) electrons. The second kappa shape index (κ2) is 7.43. The van der Waals surface area contributed by atoms with E-state index in [-0.39, 0.29) is 0 Å². The average Bonchev–Trinajstić information content (AvgIpc) is 2.47. The van der Waals surface area contributed by atoms with E-state index in [0.29, 0.717) is 6.61 Å². The van der Waals surface area contributed by atoms with E-state index in [1.807, 2.05) is 36.4 Å². The molecule has 0 aliphatic rings. The molecule has 3 nitrogen and oxygen atoms in total. The number of nitrogens with one attached hydrogen (secondary N) is 1. The van der Waals surface area contributed by atoms with Crippen molar-refractivity contribution in [3.63, 3.8) is 0 Å². The van der Waals surface area contributed by atoms with Crippen molar-refractivity contribution >= 4 is 5.69 Å². The maximum absolute atomic E-state index is 5.70. The first kappa shape index (κ1) is 14.3. The molecule has 0 atom stereocenters. The highest BCUT2D eigenvalue weighted by Crippen LogP contribution is 2.16. The topological polar surface area (TPSA) is 30.5 Å². The number of ether oxygens (including phenoxy) is 2. The summed E-state index contributed by atoms with van der Waals surface area (Å²) in [4.78, 5) is 0. The summed E-state index contributed by atoms with van der Waals surface area (Å²) in [6.07, 6.45) is 0.950. The molecule has 0 saturated heterocycles. The number of aryl methyl sites for hydroxylation is 1. The lowest BCUT2D eigenvalue weighted by Crippen LogP contribution is -2.07. The number of anilines is 1. The lowest BCUT2D eigenvalue weighted by atomic mass is 10.2. The van der Waals surface area contributed by atoms with Crippen LogP contribution in [0.15, 0.2) is 48.5 Å². The van der Waals surface area contributed by atoms with Crippen LogP contribution >= 0.6 is 0 Å². The summed E-state index contributed by atoms with van der Waals surface area (Å²) in [7, 11) is 1.68. The normalized spacial score (nSPS) is 10.1. The summed E-state index contributed by atoms with van der Waals surface area (Å²) in [5.41, 5.74) is 2.29. The summed E-state index contributed by atoms with van der Waals surface area (Å²) < 4.78 is 10.9. The van der Waals surface area contributed by atoms with Gasteiger partial charge in [0, 0.05) is 18.3 Å². The van der Waals surface area contributed by atoms with Crippen LogP contribution in [0.5, 0.6) is 11.5 Å². The summed E-state index contributed by atoms with van der Waals surface area (Å²) >= 11 is 0. The number of hydrogen-bond acceptors (Lipinski definition) is 3. The van der Waals surface area contributed by atoms with Crippen molar-refractivity contribution in [3.05, 3.63) is 54.1 Å². The summed E-state index contributed by atoms with van der Waals surface area (Å²) in [5.74, 6) is 1.80. The zero-order valence-corrected chi connectivity index (χ0v) is 12.1. The SMILES string of the molecule is COc1cccc(NCCCOc2cccc(C)c2)c1. The Morgan fingerprint density at radius 2 is 1.80 bits per heavy atom. The zero-order chi connectivity index (χ0) is 14.2. The van der Waals surface area contributed by atoms with Crippen LogP contribution in [0.3, 0.4) is 0 Å². The predicted molar refractivity (Wildman–Crippen MR) is 82.8 cm³/mol. The molecule has 0 fully saturated rings. The Labute approximate surface area is 120 Å². The molecule has 0 amide bonds. The minimum Gasteiger partial charge on any atom is -0.497 e. The van der Waals surface area contributed by atoms with Gasteiger partial charge in [0.2, 0.25) is 0 Å². The Morgan fingerprint density at radius 1 is 1.00 bits per heavy atom. The number of methoxy groups -OCH3 is 1. The fourth-order valence-corrected chi connectivity index (χ4v) is 1.93. The molecule has 3 heteroatoms. The van der Waals surface area contributed by atoms with Gasteiger partial charge in [0.1, 0.15) is 11.5 Å². The van der Waals surface area contributed by atoms with Crippen LogP contribution in [0.25, 0.3) is 0 Å². The van der Waals surface area contributed by atoms with Crippen LogP contribution in [0.1, 0.15) is 12.0 Å². The van der Waals surface area contributed by atoms with Gasteiger partial charge in [-0.25, -0.2) is 0 Å². The molecule has 0 bridgehead atoms. The summed E-state index contributed by atoms with van der Waals surface area (Å²) in [6.45, 7) is 3.65. The fourth-order valence-electron chi connectivity index (χ4n) is 1.93. The van der Waals surface area contributed by atoms with Gasteiger partial charge < -0.3 is 14.8 Å². The smallest absolute Gasteiger partial charge is 0.120 e. The Morgan fingerprint density at radius 3 is 2.60 bits per heavy atom. The van der Waals surface area contributed by atoms with Crippen molar-refractivity contribution in [1.82, 2.24) is 0 Å². The fraction of sp³-hybridized carbons (Fsp3) is 0.294. The van der Waals surface area contributed by atoms with Crippen molar-refractivity contribution in [2.24, 2.45) is 0 Å². The van der Waals surface area contributed by atoms with Gasteiger partial charge >= 0.3 is 0 Å². The van der Waals surface area contributed by atoms with Crippen molar-refractivity contribution in [3.8, 4) is 11.5 Å². The monoisotopic (exact) mass is 271 g/mol. The first-order chi connectivity index (χ1) is 9.78. The van der Waals surface area contributed by atoms with E-state index >= 15 is 0 Å². The molecule has 2 aromatic rings. The van der Waals surface area contributed by atoms with Crippen molar-refractivity contribution in [2.45, 2.75) is 13.3 Å². The third-order valence-corrected chi connectivity index (χ3v) is 2.98. The van der Waals surface area contributed by atoms with Gasteiger partial charge in [0.25, 0.3) is 0 Å². The maximum atomic E-state index is 5.70.